The van der Waals surface area contributed by atoms with E-state index < -0.39 is 6.08 Å². The lowest BCUT2D eigenvalue weighted by molar-refractivity contribution is 0.311. The predicted octanol–water partition coefficient (Wildman–Crippen LogP) is 0.310. The van der Waals surface area contributed by atoms with Crippen molar-refractivity contribution in [2.45, 2.75) is 0 Å². The summed E-state index contributed by atoms with van der Waals surface area (Å²) in [6.07, 6.45) is -1.26. The minimum absolute atomic E-state index is 0.293. The first kappa shape index (κ1) is 7.58. The van der Waals surface area contributed by atoms with E-state index in [0.29, 0.717) is 13.8 Å². The van der Waals surface area contributed by atoms with E-state index in [1.165, 1.54) is 0 Å². The molecule has 0 aliphatic heterocycles. The fourth-order valence-corrected chi connectivity index (χ4v) is 0.154. The summed E-state index contributed by atoms with van der Waals surface area (Å²) in [6, 6.07) is 0. The average Bonchev–Trinajstić information content (AvgIpc) is 1.66. The van der Waals surface area contributed by atoms with Crippen LogP contribution in [0.5, 0.6) is 0 Å². The van der Waals surface area contributed by atoms with Gasteiger partial charge < -0.3 is 9.68 Å². The molecule has 0 aliphatic rings. The molecule has 0 saturated heterocycles. The maximum absolute atomic E-state index is 11.0. The van der Waals surface area contributed by atoms with Gasteiger partial charge in [0.05, 0.1) is 6.61 Å². The van der Waals surface area contributed by atoms with Crippen LogP contribution in [-0.4, -0.2) is 19.3 Å². The SMILES string of the molecule is O[B]OCC=C(F)F. The molecule has 45 valence electrons. The first-order chi connectivity index (χ1) is 3.77. The number of hydrogen-bond acceptors (Lipinski definition) is 2. The minimum Gasteiger partial charge on any atom is -0.429 e. The van der Waals surface area contributed by atoms with Gasteiger partial charge in [0.15, 0.2) is 0 Å². The van der Waals surface area contributed by atoms with Gasteiger partial charge in [-0.1, -0.05) is 0 Å². The van der Waals surface area contributed by atoms with Crippen LogP contribution in [0.1, 0.15) is 0 Å². The highest BCUT2D eigenvalue weighted by Crippen LogP contribution is 1.94. The fourth-order valence-electron chi connectivity index (χ4n) is 0.154. The maximum atomic E-state index is 11.0. The quantitative estimate of drug-likeness (QED) is 0.430. The van der Waals surface area contributed by atoms with E-state index in [-0.39, 0.29) is 6.61 Å². The van der Waals surface area contributed by atoms with Crippen molar-refractivity contribution in [3.63, 3.8) is 0 Å². The molecule has 0 rings (SSSR count). The third-order valence-corrected chi connectivity index (χ3v) is 0.408. The van der Waals surface area contributed by atoms with E-state index in [2.05, 4.69) is 4.65 Å². The maximum Gasteiger partial charge on any atom is 0.485 e. The molecule has 0 aromatic heterocycles. The topological polar surface area (TPSA) is 29.5 Å². The molecule has 1 N–H and O–H groups in total. The molecule has 2 nitrogen and oxygen atoms in total. The van der Waals surface area contributed by atoms with Crippen molar-refractivity contribution in [1.82, 2.24) is 0 Å². The van der Waals surface area contributed by atoms with Crippen LogP contribution in [0.4, 0.5) is 8.78 Å². The highest BCUT2D eigenvalue weighted by Gasteiger charge is 1.86. The van der Waals surface area contributed by atoms with Crippen LogP contribution in [-0.2, 0) is 4.65 Å². The molecule has 8 heavy (non-hydrogen) atoms. The Hall–Kier alpha value is -0.415. The van der Waals surface area contributed by atoms with Crippen molar-refractivity contribution in [1.29, 1.82) is 0 Å². The van der Waals surface area contributed by atoms with Gasteiger partial charge in [-0.3, -0.25) is 0 Å². The summed E-state index contributed by atoms with van der Waals surface area (Å²) in [5.74, 6) is 0. The van der Waals surface area contributed by atoms with Crippen molar-refractivity contribution in [3.05, 3.63) is 12.2 Å². The van der Waals surface area contributed by atoms with Gasteiger partial charge >= 0.3 is 7.69 Å². The third kappa shape index (κ3) is 5.58. The van der Waals surface area contributed by atoms with Gasteiger partial charge in [0, 0.05) is 6.08 Å². The zero-order valence-corrected chi connectivity index (χ0v) is 3.97. The molecule has 0 aromatic rings. The van der Waals surface area contributed by atoms with Gasteiger partial charge in [0.1, 0.15) is 0 Å². The van der Waals surface area contributed by atoms with Crippen LogP contribution in [0.3, 0.4) is 0 Å². The zero-order valence-electron chi connectivity index (χ0n) is 3.97. The summed E-state index contributed by atoms with van der Waals surface area (Å²) >= 11 is 0. The number of rotatable bonds is 3. The Morgan fingerprint density at radius 3 is 2.75 bits per heavy atom. The van der Waals surface area contributed by atoms with Crippen LogP contribution in [0, 0.1) is 0 Å². The molecule has 1 radical (unpaired) electrons. The van der Waals surface area contributed by atoms with E-state index in [0.717, 1.165) is 0 Å². The summed E-state index contributed by atoms with van der Waals surface area (Å²) in [5, 5.41) is 7.76. The van der Waals surface area contributed by atoms with Gasteiger partial charge in [-0.15, -0.1) is 0 Å². The van der Waals surface area contributed by atoms with Crippen LogP contribution < -0.4 is 0 Å². The summed E-state index contributed by atoms with van der Waals surface area (Å²) in [5.41, 5.74) is 0. The molecule has 0 amide bonds. The van der Waals surface area contributed by atoms with Gasteiger partial charge in [0.2, 0.25) is 0 Å². The van der Waals surface area contributed by atoms with E-state index in [4.69, 9.17) is 5.02 Å². The molecule has 0 aliphatic carbocycles. The van der Waals surface area contributed by atoms with Crippen molar-refractivity contribution in [2.24, 2.45) is 0 Å². The lowest BCUT2D eigenvalue weighted by Gasteiger charge is -1.86. The smallest absolute Gasteiger partial charge is 0.429 e. The largest absolute Gasteiger partial charge is 0.485 e. The zero-order chi connectivity index (χ0) is 6.41. The molecular weight excluding hydrogens is 117 g/mol. The van der Waals surface area contributed by atoms with Gasteiger partial charge in [-0.05, 0) is 0 Å². The first-order valence-corrected chi connectivity index (χ1v) is 1.86. The Morgan fingerprint density at radius 2 is 2.38 bits per heavy atom. The first-order valence-electron chi connectivity index (χ1n) is 1.86. The molecule has 0 spiro atoms. The average molecular weight is 121 g/mol. The second-order valence-electron chi connectivity index (χ2n) is 0.933. The van der Waals surface area contributed by atoms with Crippen molar-refractivity contribution in [2.75, 3.05) is 6.61 Å². The molecule has 0 fully saturated rings. The van der Waals surface area contributed by atoms with Crippen LogP contribution in [0.25, 0.3) is 0 Å². The van der Waals surface area contributed by atoms with Gasteiger partial charge in [0.25, 0.3) is 6.08 Å². The van der Waals surface area contributed by atoms with Gasteiger partial charge in [-0.2, -0.15) is 8.78 Å². The van der Waals surface area contributed by atoms with Crippen LogP contribution >= 0.6 is 0 Å². The van der Waals surface area contributed by atoms with Crippen molar-refractivity contribution < 1.29 is 18.5 Å². The van der Waals surface area contributed by atoms with Crippen LogP contribution in [0.2, 0.25) is 0 Å². The molecule has 0 atom stereocenters. The summed E-state index contributed by atoms with van der Waals surface area (Å²) < 4.78 is 26.1. The standard InChI is InChI=1S/C3H4BF2O2/c5-3(6)1-2-8-4-7/h1,7H,2H2. The summed E-state index contributed by atoms with van der Waals surface area (Å²) in [6.45, 7) is -0.293. The lowest BCUT2D eigenvalue weighted by Crippen LogP contribution is -1.95. The monoisotopic (exact) mass is 121 g/mol. The Morgan fingerprint density at radius 1 is 1.75 bits per heavy atom. The van der Waals surface area contributed by atoms with Crippen molar-refractivity contribution >= 4 is 7.69 Å². The molecule has 0 saturated carbocycles. The number of hydrogen-bond donors (Lipinski definition) is 1. The van der Waals surface area contributed by atoms with E-state index in [9.17, 15) is 8.78 Å². The predicted molar refractivity (Wildman–Crippen MR) is 24.2 cm³/mol. The molecule has 5 heteroatoms. The highest BCUT2D eigenvalue weighted by molar-refractivity contribution is 6.15. The summed E-state index contributed by atoms with van der Waals surface area (Å²) in [7, 11) is 0.361. The van der Waals surface area contributed by atoms with E-state index in [1.54, 1.807) is 0 Å². The Balaban J connectivity index is 3.03. The van der Waals surface area contributed by atoms with Crippen molar-refractivity contribution in [3.8, 4) is 0 Å². The Bertz CT molecular complexity index is 81.4. The molecular formula is C3H4BF2O2. The Labute approximate surface area is 46.1 Å². The number of halogens is 2. The lowest BCUT2D eigenvalue weighted by atomic mass is 10.4. The molecule has 0 unspecified atom stereocenters. The normalized spacial score (nSPS) is 8.38. The van der Waals surface area contributed by atoms with E-state index in [1.807, 2.05) is 0 Å². The van der Waals surface area contributed by atoms with Gasteiger partial charge in [-0.25, -0.2) is 0 Å². The highest BCUT2D eigenvalue weighted by atomic mass is 19.3. The second kappa shape index (κ2) is 4.74. The van der Waals surface area contributed by atoms with Crippen LogP contribution in [0.15, 0.2) is 12.2 Å². The summed E-state index contributed by atoms with van der Waals surface area (Å²) in [4.78, 5) is 0. The molecule has 0 heterocycles. The fraction of sp³-hybridized carbons (Fsp3) is 0.333. The minimum atomic E-state index is -1.81. The Kier molecular flexibility index (Phi) is 4.49. The molecule has 0 aromatic carbocycles. The molecule has 0 bridgehead atoms. The third-order valence-electron chi connectivity index (χ3n) is 0.408. The van der Waals surface area contributed by atoms with E-state index >= 15 is 0 Å². The second-order valence-corrected chi connectivity index (χ2v) is 0.933.